The second kappa shape index (κ2) is 9.85. The Morgan fingerprint density at radius 1 is 1.03 bits per heavy atom. The predicted octanol–water partition coefficient (Wildman–Crippen LogP) is 4.57. The lowest BCUT2D eigenvalue weighted by Crippen LogP contribution is -2.35. The molecule has 0 fully saturated rings. The van der Waals surface area contributed by atoms with Crippen molar-refractivity contribution in [3.63, 3.8) is 0 Å². The van der Waals surface area contributed by atoms with E-state index in [1.54, 1.807) is 0 Å². The number of benzene rings is 2. The summed E-state index contributed by atoms with van der Waals surface area (Å²) in [6, 6.07) is 18.1. The van der Waals surface area contributed by atoms with Gasteiger partial charge in [0.15, 0.2) is 0 Å². The minimum atomic E-state index is -0.263. The molecule has 33 heavy (non-hydrogen) atoms. The summed E-state index contributed by atoms with van der Waals surface area (Å²) in [5, 5.41) is 9.90. The summed E-state index contributed by atoms with van der Waals surface area (Å²) < 4.78 is 17.2. The van der Waals surface area contributed by atoms with Crippen LogP contribution < -0.4 is 15.2 Å². The van der Waals surface area contributed by atoms with Crippen LogP contribution in [0.3, 0.4) is 0 Å². The first kappa shape index (κ1) is 22.5. The van der Waals surface area contributed by atoms with E-state index in [-0.39, 0.29) is 11.8 Å². The van der Waals surface area contributed by atoms with Crippen molar-refractivity contribution in [1.29, 1.82) is 5.26 Å². The van der Waals surface area contributed by atoms with Crippen LogP contribution in [0.15, 0.2) is 76.9 Å². The minimum Gasteiger partial charge on any atom is -0.494 e. The molecule has 0 aliphatic carbocycles. The van der Waals surface area contributed by atoms with Crippen LogP contribution in [-0.2, 0) is 4.74 Å². The van der Waals surface area contributed by atoms with Crippen molar-refractivity contribution in [2.24, 2.45) is 5.73 Å². The summed E-state index contributed by atoms with van der Waals surface area (Å²) in [6.45, 7) is 6.57. The Bertz CT molecular complexity index is 1140. The van der Waals surface area contributed by atoms with Crippen molar-refractivity contribution in [2.45, 2.75) is 19.8 Å². The van der Waals surface area contributed by atoms with Gasteiger partial charge in [-0.1, -0.05) is 24.3 Å². The van der Waals surface area contributed by atoms with Gasteiger partial charge < -0.3 is 19.9 Å². The number of allylic oxidation sites excluding steroid dienone is 1. The van der Waals surface area contributed by atoms with E-state index in [0.29, 0.717) is 25.3 Å². The molecule has 0 bridgehead atoms. The summed E-state index contributed by atoms with van der Waals surface area (Å²) in [6.07, 6.45) is 2.11. The molecule has 6 heteroatoms. The third-order valence-corrected chi connectivity index (χ3v) is 5.76. The van der Waals surface area contributed by atoms with Crippen LogP contribution in [0.1, 0.15) is 30.9 Å². The highest BCUT2D eigenvalue weighted by Crippen LogP contribution is 2.43. The van der Waals surface area contributed by atoms with Gasteiger partial charge in [-0.15, -0.1) is 0 Å². The molecule has 2 heterocycles. The van der Waals surface area contributed by atoms with E-state index in [1.165, 1.54) is 0 Å². The molecule has 1 unspecified atom stereocenters. The predicted molar refractivity (Wildman–Crippen MR) is 128 cm³/mol. The number of ether oxygens (including phenoxy) is 3. The molecule has 0 saturated carbocycles. The van der Waals surface area contributed by atoms with Crippen molar-refractivity contribution in [1.82, 2.24) is 4.90 Å². The molecule has 4 rings (SSSR count). The fourth-order valence-electron chi connectivity index (χ4n) is 4.37. The molecule has 0 aromatic heterocycles. The molecule has 2 aromatic carbocycles. The first-order valence-corrected chi connectivity index (χ1v) is 11.2. The van der Waals surface area contributed by atoms with Gasteiger partial charge in [-0.2, -0.15) is 5.26 Å². The zero-order chi connectivity index (χ0) is 23.4. The number of likely N-dealkylation sites (N-methyl/N-ethyl adjacent to an activating group) is 1. The summed E-state index contributed by atoms with van der Waals surface area (Å²) in [5.41, 5.74) is 10.8. The maximum Gasteiger partial charge on any atom is 0.205 e. The molecule has 2 aliphatic heterocycles. The van der Waals surface area contributed by atoms with Gasteiger partial charge in [0.05, 0.1) is 19.1 Å². The first-order chi connectivity index (χ1) is 16.0. The lowest BCUT2D eigenvalue weighted by molar-refractivity contribution is 0.251. The third-order valence-electron chi connectivity index (χ3n) is 5.76. The summed E-state index contributed by atoms with van der Waals surface area (Å²) in [5.74, 6) is 2.31. The molecular weight excluding hydrogens is 414 g/mol. The van der Waals surface area contributed by atoms with E-state index >= 15 is 0 Å². The Morgan fingerprint density at radius 2 is 1.64 bits per heavy atom. The van der Waals surface area contributed by atoms with Crippen molar-refractivity contribution >= 4 is 6.08 Å². The van der Waals surface area contributed by atoms with Crippen LogP contribution in [0.2, 0.25) is 0 Å². The highest BCUT2D eigenvalue weighted by atomic mass is 16.5. The SMILES string of the molecule is CCOc1ccc(C=C2CN(C)CC3=C2OC(N)=C(C#N)C3c2ccc(OCC)cc2)cc1. The number of nitrogens with zero attached hydrogens (tertiary/aromatic N) is 2. The number of nitrogens with two attached hydrogens (primary N) is 1. The maximum absolute atomic E-state index is 9.90. The molecule has 2 N–H and O–H groups in total. The minimum absolute atomic E-state index is 0.164. The molecule has 6 nitrogen and oxygen atoms in total. The Balaban J connectivity index is 1.76. The normalized spacial score (nSPS) is 19.7. The summed E-state index contributed by atoms with van der Waals surface area (Å²) >= 11 is 0. The third kappa shape index (κ3) is 4.74. The monoisotopic (exact) mass is 443 g/mol. The summed E-state index contributed by atoms with van der Waals surface area (Å²) in [7, 11) is 2.07. The number of hydrogen-bond donors (Lipinski definition) is 1. The van der Waals surface area contributed by atoms with Crippen molar-refractivity contribution in [3.05, 3.63) is 88.0 Å². The van der Waals surface area contributed by atoms with Crippen LogP contribution in [0.4, 0.5) is 0 Å². The lowest BCUT2D eigenvalue weighted by Gasteiger charge is -2.36. The van der Waals surface area contributed by atoms with Crippen LogP contribution in [0, 0.1) is 11.3 Å². The van der Waals surface area contributed by atoms with Gasteiger partial charge in [-0.3, -0.25) is 4.90 Å². The Kier molecular flexibility index (Phi) is 6.71. The molecule has 0 saturated heterocycles. The molecule has 2 aromatic rings. The summed E-state index contributed by atoms with van der Waals surface area (Å²) in [4.78, 5) is 2.22. The molecule has 0 spiro atoms. The topological polar surface area (TPSA) is 80.7 Å². The van der Waals surface area contributed by atoms with Gasteiger partial charge in [0.2, 0.25) is 5.88 Å². The number of hydrogen-bond acceptors (Lipinski definition) is 6. The van der Waals surface area contributed by atoms with Gasteiger partial charge in [0.25, 0.3) is 0 Å². The highest BCUT2D eigenvalue weighted by molar-refractivity contribution is 5.63. The van der Waals surface area contributed by atoms with Crippen LogP contribution in [0.25, 0.3) is 6.08 Å². The fourth-order valence-corrected chi connectivity index (χ4v) is 4.37. The average Bonchev–Trinajstić information content (AvgIpc) is 2.81. The first-order valence-electron chi connectivity index (χ1n) is 11.2. The maximum atomic E-state index is 9.90. The van der Waals surface area contributed by atoms with Crippen LogP contribution in [0.5, 0.6) is 11.5 Å². The second-order valence-corrected chi connectivity index (χ2v) is 8.13. The largest absolute Gasteiger partial charge is 0.494 e. The molecule has 1 atom stereocenters. The zero-order valence-corrected chi connectivity index (χ0v) is 19.3. The lowest BCUT2D eigenvalue weighted by atomic mass is 9.80. The van der Waals surface area contributed by atoms with Gasteiger partial charge >= 0.3 is 0 Å². The van der Waals surface area contributed by atoms with Gasteiger partial charge in [-0.25, -0.2) is 0 Å². The van der Waals surface area contributed by atoms with E-state index in [1.807, 2.05) is 62.4 Å². The Labute approximate surface area is 195 Å². The molecular formula is C27H29N3O3. The van der Waals surface area contributed by atoms with Crippen molar-refractivity contribution in [2.75, 3.05) is 33.4 Å². The van der Waals surface area contributed by atoms with E-state index in [4.69, 9.17) is 19.9 Å². The van der Waals surface area contributed by atoms with E-state index in [0.717, 1.165) is 46.1 Å². The quantitative estimate of drug-likeness (QED) is 0.704. The highest BCUT2D eigenvalue weighted by Gasteiger charge is 2.37. The molecule has 170 valence electrons. The van der Waals surface area contributed by atoms with Crippen LogP contribution >= 0.6 is 0 Å². The van der Waals surface area contributed by atoms with Crippen molar-refractivity contribution in [3.8, 4) is 17.6 Å². The van der Waals surface area contributed by atoms with Crippen molar-refractivity contribution < 1.29 is 14.2 Å². The number of nitriles is 1. The van der Waals surface area contributed by atoms with Crippen LogP contribution in [-0.4, -0.2) is 38.3 Å². The zero-order valence-electron chi connectivity index (χ0n) is 19.3. The average molecular weight is 444 g/mol. The molecule has 2 aliphatic rings. The fraction of sp³-hybridized carbons (Fsp3) is 0.296. The molecule has 0 radical (unpaired) electrons. The Morgan fingerprint density at radius 3 is 2.21 bits per heavy atom. The Hall–Kier alpha value is -3.69. The smallest absolute Gasteiger partial charge is 0.205 e. The number of rotatable bonds is 6. The van der Waals surface area contributed by atoms with E-state index < -0.39 is 0 Å². The standard InChI is InChI=1S/C27H29N3O3/c1-4-31-21-10-6-18(7-11-21)14-20-16-30(3)17-24-25(23(15-28)27(29)33-26(20)24)19-8-12-22(13-9-19)32-5-2/h6-14,25H,4-5,16-17,29H2,1-3H3. The van der Waals surface area contributed by atoms with E-state index in [9.17, 15) is 5.26 Å². The van der Waals surface area contributed by atoms with E-state index in [2.05, 4.69) is 24.1 Å². The van der Waals surface area contributed by atoms with Gasteiger partial charge in [-0.05, 0) is 67.9 Å². The van der Waals surface area contributed by atoms with Gasteiger partial charge in [0.1, 0.15) is 28.9 Å². The molecule has 0 amide bonds. The second-order valence-electron chi connectivity index (χ2n) is 8.13. The van der Waals surface area contributed by atoms with Gasteiger partial charge in [0, 0.05) is 18.7 Å².